The van der Waals surface area contributed by atoms with Gasteiger partial charge in [0.25, 0.3) is 5.91 Å². The summed E-state index contributed by atoms with van der Waals surface area (Å²) in [4.78, 5) is 15.4. The Hall–Kier alpha value is -2.85. The number of benzene rings is 2. The lowest BCUT2D eigenvalue weighted by Gasteiger charge is -2.30. The molecule has 0 N–H and O–H groups in total. The normalized spacial score (nSPS) is 18.8. The van der Waals surface area contributed by atoms with E-state index in [1.165, 1.54) is 10.6 Å². The van der Waals surface area contributed by atoms with Crippen molar-refractivity contribution in [1.29, 1.82) is 0 Å². The fraction of sp³-hybridized carbons (Fsp3) is 0.182. The molecule has 2 aliphatic heterocycles. The molecule has 0 unspecified atom stereocenters. The molecule has 4 rings (SSSR count). The van der Waals surface area contributed by atoms with E-state index in [0.29, 0.717) is 22.0 Å². The Kier molecular flexibility index (Phi) is 4.36. The monoisotopic (exact) mass is 377 g/mol. The first kappa shape index (κ1) is 17.6. The molecule has 2 heterocycles. The number of aryl methyl sites for hydroxylation is 1. The molecular weight excluding hydrogens is 358 g/mol. The second kappa shape index (κ2) is 6.71. The summed E-state index contributed by atoms with van der Waals surface area (Å²) in [6.45, 7) is 6.81. The van der Waals surface area contributed by atoms with E-state index in [2.05, 4.69) is 48.1 Å². The number of likely N-dealkylation sites (N-methyl/N-ethyl adjacent to an activating group) is 1. The van der Waals surface area contributed by atoms with Crippen molar-refractivity contribution >= 4 is 40.7 Å². The van der Waals surface area contributed by atoms with Crippen LogP contribution < -0.4 is 9.91 Å². The van der Waals surface area contributed by atoms with E-state index in [9.17, 15) is 4.79 Å². The Morgan fingerprint density at radius 2 is 1.78 bits per heavy atom. The SMILES string of the molecule is CCN1C(=C2C(=O)N(c3ccc(Cl)cc3)N=C2C)C=Cc2cc(C)ccc21. The smallest absolute Gasteiger partial charge is 0.282 e. The number of amides is 1. The van der Waals surface area contributed by atoms with Crippen LogP contribution in [0.3, 0.4) is 0 Å². The number of allylic oxidation sites excluding steroid dienone is 1. The fourth-order valence-electron chi connectivity index (χ4n) is 3.56. The molecular formula is C22H20ClN3O. The maximum absolute atomic E-state index is 13.2. The molecule has 0 saturated carbocycles. The number of carbonyl (C=O) groups excluding carboxylic acids is 1. The number of hydrazone groups is 1. The van der Waals surface area contributed by atoms with Gasteiger partial charge in [0.2, 0.25) is 0 Å². The number of rotatable bonds is 2. The van der Waals surface area contributed by atoms with Gasteiger partial charge in [-0.15, -0.1) is 0 Å². The third-order valence-electron chi connectivity index (χ3n) is 4.85. The van der Waals surface area contributed by atoms with Crippen molar-refractivity contribution in [2.75, 3.05) is 16.5 Å². The highest BCUT2D eigenvalue weighted by molar-refractivity contribution is 6.32. The van der Waals surface area contributed by atoms with Crippen LogP contribution in [-0.4, -0.2) is 18.2 Å². The summed E-state index contributed by atoms with van der Waals surface area (Å²) in [6.07, 6.45) is 4.09. The molecule has 0 aromatic heterocycles. The minimum Gasteiger partial charge on any atom is -0.341 e. The lowest BCUT2D eigenvalue weighted by Crippen LogP contribution is -2.29. The van der Waals surface area contributed by atoms with Crippen molar-refractivity contribution in [2.45, 2.75) is 20.8 Å². The van der Waals surface area contributed by atoms with E-state index in [4.69, 9.17) is 11.6 Å². The minimum absolute atomic E-state index is 0.122. The molecule has 0 fully saturated rings. The van der Waals surface area contributed by atoms with Gasteiger partial charge >= 0.3 is 0 Å². The molecule has 4 nitrogen and oxygen atoms in total. The third kappa shape index (κ3) is 2.96. The summed E-state index contributed by atoms with van der Waals surface area (Å²) in [7, 11) is 0. The number of carbonyl (C=O) groups is 1. The van der Waals surface area contributed by atoms with Gasteiger partial charge in [-0.05, 0) is 68.8 Å². The van der Waals surface area contributed by atoms with Crippen LogP contribution in [0.4, 0.5) is 11.4 Å². The summed E-state index contributed by atoms with van der Waals surface area (Å²) in [5.74, 6) is -0.122. The Balaban J connectivity index is 1.79. The molecule has 27 heavy (non-hydrogen) atoms. The largest absolute Gasteiger partial charge is 0.341 e. The number of anilines is 2. The molecule has 0 atom stereocenters. The summed E-state index contributed by atoms with van der Waals surface area (Å²) < 4.78 is 0. The van der Waals surface area contributed by atoms with E-state index >= 15 is 0 Å². The second-order valence-electron chi connectivity index (χ2n) is 6.68. The Morgan fingerprint density at radius 3 is 2.48 bits per heavy atom. The predicted molar refractivity (Wildman–Crippen MR) is 112 cm³/mol. The van der Waals surface area contributed by atoms with Crippen LogP contribution in [0.2, 0.25) is 5.02 Å². The summed E-state index contributed by atoms with van der Waals surface area (Å²) >= 11 is 5.97. The van der Waals surface area contributed by atoms with Gasteiger partial charge in [0.15, 0.2) is 0 Å². The number of fused-ring (bicyclic) bond motifs is 1. The predicted octanol–water partition coefficient (Wildman–Crippen LogP) is 5.18. The highest BCUT2D eigenvalue weighted by Crippen LogP contribution is 2.35. The number of hydrogen-bond donors (Lipinski definition) is 0. The van der Waals surface area contributed by atoms with Gasteiger partial charge in [-0.3, -0.25) is 4.79 Å². The van der Waals surface area contributed by atoms with Crippen LogP contribution >= 0.6 is 11.6 Å². The molecule has 0 saturated heterocycles. The van der Waals surface area contributed by atoms with Gasteiger partial charge < -0.3 is 4.90 Å². The molecule has 0 spiro atoms. The van der Waals surface area contributed by atoms with Crippen molar-refractivity contribution in [3.05, 3.63) is 76.0 Å². The summed E-state index contributed by atoms with van der Waals surface area (Å²) in [5.41, 5.74) is 6.43. The van der Waals surface area contributed by atoms with Gasteiger partial charge in [-0.25, -0.2) is 0 Å². The van der Waals surface area contributed by atoms with Crippen LogP contribution in [-0.2, 0) is 4.79 Å². The zero-order valence-electron chi connectivity index (χ0n) is 15.5. The number of hydrogen-bond acceptors (Lipinski definition) is 3. The van der Waals surface area contributed by atoms with Gasteiger partial charge in [0.1, 0.15) is 0 Å². The number of halogens is 1. The lowest BCUT2D eigenvalue weighted by molar-refractivity contribution is -0.114. The average molecular weight is 378 g/mol. The highest BCUT2D eigenvalue weighted by atomic mass is 35.5. The molecule has 136 valence electrons. The number of nitrogens with zero attached hydrogens (tertiary/aromatic N) is 3. The van der Waals surface area contributed by atoms with Crippen LogP contribution in [0.5, 0.6) is 0 Å². The van der Waals surface area contributed by atoms with E-state index in [0.717, 1.165) is 23.5 Å². The van der Waals surface area contributed by atoms with Gasteiger partial charge in [-0.2, -0.15) is 10.1 Å². The van der Waals surface area contributed by atoms with Gasteiger partial charge in [-0.1, -0.05) is 29.3 Å². The topological polar surface area (TPSA) is 35.9 Å². The molecule has 0 radical (unpaired) electrons. The third-order valence-corrected chi connectivity index (χ3v) is 5.10. The fourth-order valence-corrected chi connectivity index (χ4v) is 3.68. The first-order valence-corrected chi connectivity index (χ1v) is 9.33. The molecule has 2 aromatic carbocycles. The van der Waals surface area contributed by atoms with Crippen molar-refractivity contribution in [1.82, 2.24) is 0 Å². The summed E-state index contributed by atoms with van der Waals surface area (Å²) in [5, 5.41) is 6.58. The molecule has 1 amide bonds. The second-order valence-corrected chi connectivity index (χ2v) is 7.12. The maximum Gasteiger partial charge on any atom is 0.282 e. The highest BCUT2D eigenvalue weighted by Gasteiger charge is 2.33. The average Bonchev–Trinajstić information content (AvgIpc) is 2.95. The molecule has 2 aliphatic rings. The quantitative estimate of drug-likeness (QED) is 0.676. The Morgan fingerprint density at radius 1 is 1.04 bits per heavy atom. The van der Waals surface area contributed by atoms with Crippen molar-refractivity contribution < 1.29 is 4.79 Å². The van der Waals surface area contributed by atoms with Crippen LogP contribution in [0.1, 0.15) is 25.0 Å². The first-order chi connectivity index (χ1) is 13.0. The van der Waals surface area contributed by atoms with Crippen LogP contribution in [0.25, 0.3) is 6.08 Å². The standard InChI is InChI=1S/C22H20ClN3O/c1-4-25-19-11-5-14(2)13-16(19)6-12-20(25)21-15(3)24-26(22(21)27)18-9-7-17(23)8-10-18/h5-13H,4H2,1-3H3. The summed E-state index contributed by atoms with van der Waals surface area (Å²) in [6, 6.07) is 13.5. The van der Waals surface area contributed by atoms with Crippen LogP contribution in [0.15, 0.2) is 64.9 Å². The first-order valence-electron chi connectivity index (χ1n) is 8.95. The van der Waals surface area contributed by atoms with E-state index < -0.39 is 0 Å². The molecule has 0 bridgehead atoms. The van der Waals surface area contributed by atoms with Crippen molar-refractivity contribution in [3.63, 3.8) is 0 Å². The van der Waals surface area contributed by atoms with E-state index in [1.54, 1.807) is 24.3 Å². The van der Waals surface area contributed by atoms with Crippen LogP contribution in [0, 0.1) is 6.92 Å². The van der Waals surface area contributed by atoms with Gasteiger partial charge in [0.05, 0.1) is 22.7 Å². The molecule has 2 aromatic rings. The lowest BCUT2D eigenvalue weighted by atomic mass is 9.99. The van der Waals surface area contributed by atoms with Gasteiger partial charge in [0, 0.05) is 17.3 Å². The Bertz CT molecular complexity index is 1020. The molecule has 0 aliphatic carbocycles. The van der Waals surface area contributed by atoms with Crippen molar-refractivity contribution in [2.24, 2.45) is 5.10 Å². The van der Waals surface area contributed by atoms with Crippen molar-refractivity contribution in [3.8, 4) is 0 Å². The Labute approximate surface area is 164 Å². The molecule has 5 heteroatoms. The van der Waals surface area contributed by atoms with E-state index in [1.807, 2.05) is 13.0 Å². The maximum atomic E-state index is 13.2. The van der Waals surface area contributed by atoms with E-state index in [-0.39, 0.29) is 5.91 Å². The zero-order valence-corrected chi connectivity index (χ0v) is 16.3. The zero-order chi connectivity index (χ0) is 19.1. The minimum atomic E-state index is -0.122.